The summed E-state index contributed by atoms with van der Waals surface area (Å²) in [5.41, 5.74) is 1.88. The van der Waals surface area contributed by atoms with Gasteiger partial charge in [-0.25, -0.2) is 0 Å². The highest BCUT2D eigenvalue weighted by Gasteiger charge is 2.24. The summed E-state index contributed by atoms with van der Waals surface area (Å²) in [6, 6.07) is 10.6. The molecule has 1 amide bonds. The molecule has 2 aromatic heterocycles. The van der Waals surface area contributed by atoms with E-state index in [2.05, 4.69) is 24.0 Å². The van der Waals surface area contributed by atoms with Crippen molar-refractivity contribution in [2.45, 2.75) is 67.5 Å². The molecule has 0 spiro atoms. The van der Waals surface area contributed by atoms with Gasteiger partial charge in [0.2, 0.25) is 5.91 Å². The number of hydrogen-bond donors (Lipinski definition) is 0. The van der Waals surface area contributed by atoms with Crippen molar-refractivity contribution < 1.29 is 33.4 Å². The summed E-state index contributed by atoms with van der Waals surface area (Å²) < 4.78 is 19.3. The molecular formula is C36H47N5O7. The smallest absolute Gasteiger partial charge is 0.327 e. The maximum absolute atomic E-state index is 13.7. The van der Waals surface area contributed by atoms with Crippen molar-refractivity contribution in [2.75, 3.05) is 33.9 Å². The Morgan fingerprint density at radius 2 is 1.23 bits per heavy atom. The standard InChI is InChI=1S/C36H47N5O7/c1-22(2)14-16-39(31(42)20-40-29-18-25(46-7)10-12-27(29)33(37-40)35(44)23(3)4)15-9-17-48-32(43)21-41-30-19-26(47-8)11-13-28(30)34(38-41)36(45)24(5)6/h10-13,18-19,22-24H,9,14-17,20-21H2,1-8H3. The summed E-state index contributed by atoms with van der Waals surface area (Å²) in [6.45, 7) is 12.2. The fourth-order valence-electron chi connectivity index (χ4n) is 5.33. The second kappa shape index (κ2) is 15.9. The molecule has 0 fully saturated rings. The topological polar surface area (TPSA) is 135 Å². The first-order valence-electron chi connectivity index (χ1n) is 16.4. The fourth-order valence-corrected chi connectivity index (χ4v) is 5.33. The molecule has 12 heteroatoms. The molecule has 0 N–H and O–H groups in total. The molecule has 0 saturated heterocycles. The molecule has 0 unspecified atom stereocenters. The van der Waals surface area contributed by atoms with Gasteiger partial charge >= 0.3 is 5.97 Å². The molecule has 258 valence electrons. The van der Waals surface area contributed by atoms with Crippen molar-refractivity contribution in [1.82, 2.24) is 24.5 Å². The van der Waals surface area contributed by atoms with E-state index in [4.69, 9.17) is 14.2 Å². The monoisotopic (exact) mass is 661 g/mol. The molecule has 12 nitrogen and oxygen atoms in total. The van der Waals surface area contributed by atoms with E-state index in [-0.39, 0.29) is 49.0 Å². The molecule has 4 rings (SSSR count). The lowest BCUT2D eigenvalue weighted by Gasteiger charge is -2.24. The Hall–Kier alpha value is -4.74. The number of Topliss-reactive ketones (excluding diaryl/α,β-unsaturated/α-hetero) is 2. The molecule has 0 aliphatic heterocycles. The van der Waals surface area contributed by atoms with E-state index in [9.17, 15) is 19.2 Å². The van der Waals surface area contributed by atoms with Crippen LogP contribution in [0.25, 0.3) is 21.8 Å². The van der Waals surface area contributed by atoms with Gasteiger partial charge in [-0.3, -0.25) is 28.5 Å². The zero-order valence-corrected chi connectivity index (χ0v) is 29.2. The number of fused-ring (bicyclic) bond motifs is 2. The Morgan fingerprint density at radius 1 is 0.729 bits per heavy atom. The Bertz CT molecular complexity index is 1790. The lowest BCUT2D eigenvalue weighted by molar-refractivity contribution is -0.144. The SMILES string of the molecule is COc1ccc2c(C(=O)C(C)C)nn(CC(=O)OCCCN(CCC(C)C)C(=O)Cn3nc(C(=O)C(C)C)c4ccc(OC)cc43)c2c1. The molecule has 2 heterocycles. The number of methoxy groups -OCH3 is 2. The van der Waals surface area contributed by atoms with Crippen molar-refractivity contribution in [3.05, 3.63) is 47.8 Å². The normalized spacial score (nSPS) is 11.6. The third-order valence-electron chi connectivity index (χ3n) is 8.16. The molecule has 0 atom stereocenters. The Balaban J connectivity index is 1.44. The van der Waals surface area contributed by atoms with Crippen LogP contribution in [0.1, 0.15) is 75.4 Å². The van der Waals surface area contributed by atoms with Crippen molar-refractivity contribution in [1.29, 1.82) is 0 Å². The van der Waals surface area contributed by atoms with E-state index in [0.717, 1.165) is 6.42 Å². The van der Waals surface area contributed by atoms with Crippen molar-refractivity contribution >= 4 is 45.2 Å². The minimum absolute atomic E-state index is 0.0554. The van der Waals surface area contributed by atoms with Crippen molar-refractivity contribution in [3.8, 4) is 11.5 Å². The number of ether oxygens (including phenoxy) is 3. The first-order valence-corrected chi connectivity index (χ1v) is 16.4. The summed E-state index contributed by atoms with van der Waals surface area (Å²) in [4.78, 5) is 54.1. The molecule has 2 aromatic carbocycles. The lowest BCUT2D eigenvalue weighted by Crippen LogP contribution is -2.36. The summed E-state index contributed by atoms with van der Waals surface area (Å²) in [5.74, 6) is 0.166. The maximum Gasteiger partial charge on any atom is 0.327 e. The maximum atomic E-state index is 13.7. The molecule has 0 bridgehead atoms. The first kappa shape index (κ1) is 36.1. The van der Waals surface area contributed by atoms with Gasteiger partial charge in [-0.2, -0.15) is 10.2 Å². The largest absolute Gasteiger partial charge is 0.497 e. The minimum Gasteiger partial charge on any atom is -0.497 e. The fraction of sp³-hybridized carbons (Fsp3) is 0.500. The predicted octanol–water partition coefficient (Wildman–Crippen LogP) is 5.59. The molecule has 0 radical (unpaired) electrons. The van der Waals surface area contributed by atoms with Gasteiger partial charge in [0.15, 0.2) is 11.6 Å². The number of carbonyl (C=O) groups is 4. The molecule has 0 aliphatic rings. The number of aromatic nitrogens is 4. The van der Waals surface area contributed by atoms with Gasteiger partial charge < -0.3 is 19.1 Å². The quantitative estimate of drug-likeness (QED) is 0.0806. The van der Waals surface area contributed by atoms with Gasteiger partial charge in [0.1, 0.15) is 36.0 Å². The van der Waals surface area contributed by atoms with Gasteiger partial charge in [-0.15, -0.1) is 0 Å². The highest BCUT2D eigenvalue weighted by atomic mass is 16.5. The van der Waals surface area contributed by atoms with Crippen molar-refractivity contribution in [3.63, 3.8) is 0 Å². The van der Waals surface area contributed by atoms with Crippen LogP contribution in [0.2, 0.25) is 0 Å². The second-order valence-electron chi connectivity index (χ2n) is 13.0. The van der Waals surface area contributed by atoms with Gasteiger partial charge in [0.05, 0.1) is 31.9 Å². The molecule has 48 heavy (non-hydrogen) atoms. The number of ketones is 2. The Kier molecular flexibility index (Phi) is 12.0. The summed E-state index contributed by atoms with van der Waals surface area (Å²) in [6.07, 6.45) is 1.22. The summed E-state index contributed by atoms with van der Waals surface area (Å²) >= 11 is 0. The lowest BCUT2D eigenvalue weighted by atomic mass is 10.0. The van der Waals surface area contributed by atoms with Gasteiger partial charge in [-0.1, -0.05) is 41.5 Å². The van der Waals surface area contributed by atoms with Crippen LogP contribution < -0.4 is 9.47 Å². The number of carbonyl (C=O) groups excluding carboxylic acids is 4. The zero-order chi connectivity index (χ0) is 35.1. The van der Waals surface area contributed by atoms with Crippen LogP contribution in [-0.4, -0.2) is 81.8 Å². The number of amides is 1. The number of rotatable bonds is 17. The molecule has 4 aromatic rings. The minimum atomic E-state index is -0.509. The highest BCUT2D eigenvalue weighted by Crippen LogP contribution is 2.27. The summed E-state index contributed by atoms with van der Waals surface area (Å²) in [5, 5.41) is 10.4. The average molecular weight is 662 g/mol. The van der Waals surface area contributed by atoms with Crippen LogP contribution in [0.4, 0.5) is 0 Å². The number of hydrogen-bond acceptors (Lipinski definition) is 9. The Morgan fingerprint density at radius 3 is 1.69 bits per heavy atom. The van der Waals surface area contributed by atoms with E-state index in [1.54, 1.807) is 74.0 Å². The molecule has 0 aliphatic carbocycles. The van der Waals surface area contributed by atoms with Gasteiger partial charge in [-0.05, 0) is 43.0 Å². The van der Waals surface area contributed by atoms with Crippen LogP contribution in [0.5, 0.6) is 11.5 Å². The number of esters is 1. The van der Waals surface area contributed by atoms with Crippen LogP contribution in [0.3, 0.4) is 0 Å². The van der Waals surface area contributed by atoms with Gasteiger partial charge in [0.25, 0.3) is 0 Å². The van der Waals surface area contributed by atoms with Crippen LogP contribution >= 0.6 is 0 Å². The number of benzene rings is 2. The first-order chi connectivity index (χ1) is 22.8. The van der Waals surface area contributed by atoms with E-state index in [0.29, 0.717) is 70.1 Å². The molecule has 0 saturated carbocycles. The van der Waals surface area contributed by atoms with E-state index < -0.39 is 5.97 Å². The van der Waals surface area contributed by atoms with Crippen LogP contribution in [0, 0.1) is 17.8 Å². The average Bonchev–Trinajstić information content (AvgIpc) is 3.60. The summed E-state index contributed by atoms with van der Waals surface area (Å²) in [7, 11) is 3.11. The van der Waals surface area contributed by atoms with E-state index in [1.165, 1.54) is 4.68 Å². The number of nitrogens with zero attached hydrogens (tertiary/aromatic N) is 5. The van der Waals surface area contributed by atoms with Crippen LogP contribution in [-0.2, 0) is 27.4 Å². The zero-order valence-electron chi connectivity index (χ0n) is 29.2. The second-order valence-corrected chi connectivity index (χ2v) is 13.0. The highest BCUT2D eigenvalue weighted by molar-refractivity contribution is 6.08. The third kappa shape index (κ3) is 8.39. The van der Waals surface area contributed by atoms with E-state index >= 15 is 0 Å². The van der Waals surface area contributed by atoms with Gasteiger partial charge in [0, 0.05) is 47.8 Å². The van der Waals surface area contributed by atoms with Crippen molar-refractivity contribution in [2.24, 2.45) is 17.8 Å². The van der Waals surface area contributed by atoms with Crippen LogP contribution in [0.15, 0.2) is 36.4 Å². The molecular weight excluding hydrogens is 614 g/mol. The van der Waals surface area contributed by atoms with E-state index in [1.807, 2.05) is 13.8 Å². The Labute approximate surface area is 281 Å². The predicted molar refractivity (Wildman–Crippen MR) is 183 cm³/mol. The third-order valence-corrected chi connectivity index (χ3v) is 8.16.